The van der Waals surface area contributed by atoms with Crippen molar-refractivity contribution in [2.75, 3.05) is 13.7 Å². The highest BCUT2D eigenvalue weighted by molar-refractivity contribution is 5.30. The minimum atomic E-state index is -0.705. The highest BCUT2D eigenvalue weighted by atomic mass is 16.5. The molecule has 0 saturated heterocycles. The van der Waals surface area contributed by atoms with Gasteiger partial charge in [-0.25, -0.2) is 0 Å². The lowest BCUT2D eigenvalue weighted by atomic mass is 9.98. The van der Waals surface area contributed by atoms with Crippen LogP contribution < -0.4 is 4.74 Å². The van der Waals surface area contributed by atoms with Gasteiger partial charge >= 0.3 is 0 Å². The predicted octanol–water partition coefficient (Wildman–Crippen LogP) is 3.51. The monoisotopic (exact) mass is 272 g/mol. The van der Waals surface area contributed by atoms with Crippen LogP contribution in [0.5, 0.6) is 5.75 Å². The predicted molar refractivity (Wildman–Crippen MR) is 78.8 cm³/mol. The first-order chi connectivity index (χ1) is 9.76. The Hall–Kier alpha value is -1.84. The molecule has 0 spiro atoms. The Morgan fingerprint density at radius 1 is 0.950 bits per heavy atom. The summed E-state index contributed by atoms with van der Waals surface area (Å²) in [5, 5.41) is 10.6. The Kier molecular flexibility index (Phi) is 5.16. The normalized spacial score (nSPS) is 13.8. The van der Waals surface area contributed by atoms with E-state index in [0.29, 0.717) is 6.61 Å². The van der Waals surface area contributed by atoms with Crippen LogP contribution in [-0.2, 0) is 4.74 Å². The van der Waals surface area contributed by atoms with E-state index in [0.717, 1.165) is 16.9 Å². The van der Waals surface area contributed by atoms with Crippen molar-refractivity contribution in [3.63, 3.8) is 0 Å². The molecule has 0 amide bonds. The molecule has 3 nitrogen and oxygen atoms in total. The van der Waals surface area contributed by atoms with E-state index in [2.05, 4.69) is 0 Å². The second kappa shape index (κ2) is 7.08. The van der Waals surface area contributed by atoms with Gasteiger partial charge in [0.05, 0.1) is 7.11 Å². The summed E-state index contributed by atoms with van der Waals surface area (Å²) in [4.78, 5) is 0. The van der Waals surface area contributed by atoms with E-state index < -0.39 is 6.10 Å². The number of ether oxygens (including phenoxy) is 2. The molecule has 2 atom stereocenters. The Morgan fingerprint density at radius 2 is 1.60 bits per heavy atom. The van der Waals surface area contributed by atoms with E-state index in [-0.39, 0.29) is 6.10 Å². The molecule has 0 saturated carbocycles. The SMILES string of the molecule is CCOC(c1ccccc1)C(O)c1ccc(OC)cc1. The summed E-state index contributed by atoms with van der Waals surface area (Å²) >= 11 is 0. The number of rotatable bonds is 6. The van der Waals surface area contributed by atoms with E-state index in [1.165, 1.54) is 0 Å². The van der Waals surface area contributed by atoms with Crippen molar-refractivity contribution in [1.82, 2.24) is 0 Å². The fourth-order valence-electron chi connectivity index (χ4n) is 2.17. The van der Waals surface area contributed by atoms with Crippen molar-refractivity contribution in [3.8, 4) is 5.75 Å². The van der Waals surface area contributed by atoms with Crippen molar-refractivity contribution in [1.29, 1.82) is 0 Å². The largest absolute Gasteiger partial charge is 0.497 e. The molecule has 0 aliphatic carbocycles. The fraction of sp³-hybridized carbons (Fsp3) is 0.294. The zero-order chi connectivity index (χ0) is 14.4. The first-order valence-corrected chi connectivity index (χ1v) is 6.74. The lowest BCUT2D eigenvalue weighted by Gasteiger charge is -2.23. The van der Waals surface area contributed by atoms with Gasteiger partial charge in [-0.2, -0.15) is 0 Å². The summed E-state index contributed by atoms with van der Waals surface area (Å²) in [5.74, 6) is 0.772. The molecule has 0 fully saturated rings. The second-order valence-corrected chi connectivity index (χ2v) is 4.50. The summed E-state index contributed by atoms with van der Waals surface area (Å²) in [6.07, 6.45) is -1.07. The molecular formula is C17H20O3. The highest BCUT2D eigenvalue weighted by Gasteiger charge is 2.23. The third kappa shape index (κ3) is 3.38. The molecule has 20 heavy (non-hydrogen) atoms. The van der Waals surface area contributed by atoms with E-state index in [4.69, 9.17) is 9.47 Å². The van der Waals surface area contributed by atoms with Gasteiger partial charge in [-0.3, -0.25) is 0 Å². The molecule has 1 N–H and O–H groups in total. The lowest BCUT2D eigenvalue weighted by molar-refractivity contribution is -0.0361. The van der Waals surface area contributed by atoms with Gasteiger partial charge in [0.15, 0.2) is 0 Å². The molecule has 0 aliphatic rings. The van der Waals surface area contributed by atoms with Gasteiger partial charge in [0, 0.05) is 6.61 Å². The minimum Gasteiger partial charge on any atom is -0.497 e. The molecule has 0 heterocycles. The van der Waals surface area contributed by atoms with Gasteiger partial charge in [0.1, 0.15) is 18.0 Å². The van der Waals surface area contributed by atoms with Crippen molar-refractivity contribution in [3.05, 3.63) is 65.7 Å². The summed E-state index contributed by atoms with van der Waals surface area (Å²) in [7, 11) is 1.62. The quantitative estimate of drug-likeness (QED) is 0.874. The van der Waals surface area contributed by atoms with Crippen molar-refractivity contribution in [2.24, 2.45) is 0 Å². The standard InChI is InChI=1S/C17H20O3/c1-3-20-17(14-7-5-4-6-8-14)16(18)13-9-11-15(19-2)12-10-13/h4-12,16-18H,3H2,1-2H3. The van der Waals surface area contributed by atoms with Gasteiger partial charge in [0.2, 0.25) is 0 Å². The Labute approximate surface area is 119 Å². The van der Waals surface area contributed by atoms with Crippen LogP contribution in [0.4, 0.5) is 0 Å². The van der Waals surface area contributed by atoms with E-state index in [9.17, 15) is 5.11 Å². The summed E-state index contributed by atoms with van der Waals surface area (Å²) in [6.45, 7) is 2.48. The smallest absolute Gasteiger partial charge is 0.118 e. The number of methoxy groups -OCH3 is 1. The average Bonchev–Trinajstić information content (AvgIpc) is 2.53. The molecule has 2 aromatic carbocycles. The Balaban J connectivity index is 2.24. The van der Waals surface area contributed by atoms with E-state index >= 15 is 0 Å². The summed E-state index contributed by atoms with van der Waals surface area (Å²) in [5.41, 5.74) is 1.78. The number of hydrogen-bond acceptors (Lipinski definition) is 3. The van der Waals surface area contributed by atoms with Crippen LogP contribution in [0.1, 0.15) is 30.3 Å². The van der Waals surface area contributed by atoms with Crippen LogP contribution >= 0.6 is 0 Å². The van der Waals surface area contributed by atoms with Crippen molar-refractivity contribution in [2.45, 2.75) is 19.1 Å². The maximum Gasteiger partial charge on any atom is 0.118 e. The molecule has 2 unspecified atom stereocenters. The topological polar surface area (TPSA) is 38.7 Å². The zero-order valence-electron chi connectivity index (χ0n) is 11.8. The summed E-state index contributed by atoms with van der Waals surface area (Å²) in [6, 6.07) is 17.2. The first kappa shape index (κ1) is 14.6. The van der Waals surface area contributed by atoms with Gasteiger partial charge in [0.25, 0.3) is 0 Å². The van der Waals surface area contributed by atoms with E-state index in [1.807, 2.05) is 61.5 Å². The van der Waals surface area contributed by atoms with Crippen LogP contribution in [0.15, 0.2) is 54.6 Å². The van der Waals surface area contributed by atoms with Gasteiger partial charge < -0.3 is 14.6 Å². The highest BCUT2D eigenvalue weighted by Crippen LogP contribution is 2.32. The number of benzene rings is 2. The first-order valence-electron chi connectivity index (χ1n) is 6.74. The lowest BCUT2D eigenvalue weighted by Crippen LogP contribution is -2.14. The van der Waals surface area contributed by atoms with Crippen LogP contribution in [0, 0.1) is 0 Å². The third-order valence-corrected chi connectivity index (χ3v) is 3.22. The molecule has 3 heteroatoms. The van der Waals surface area contributed by atoms with Crippen molar-refractivity contribution < 1.29 is 14.6 Å². The molecule has 0 bridgehead atoms. The molecule has 0 aliphatic heterocycles. The fourth-order valence-corrected chi connectivity index (χ4v) is 2.17. The van der Waals surface area contributed by atoms with Gasteiger partial charge in [-0.05, 0) is 30.2 Å². The molecular weight excluding hydrogens is 252 g/mol. The molecule has 0 aromatic heterocycles. The Morgan fingerprint density at radius 3 is 2.15 bits per heavy atom. The van der Waals surface area contributed by atoms with Crippen LogP contribution in [0.25, 0.3) is 0 Å². The molecule has 2 aromatic rings. The molecule has 106 valence electrons. The van der Waals surface area contributed by atoms with Crippen LogP contribution in [-0.4, -0.2) is 18.8 Å². The zero-order valence-corrected chi connectivity index (χ0v) is 11.8. The number of aliphatic hydroxyl groups is 1. The Bertz CT molecular complexity index is 508. The van der Waals surface area contributed by atoms with E-state index in [1.54, 1.807) is 7.11 Å². The second-order valence-electron chi connectivity index (χ2n) is 4.50. The maximum atomic E-state index is 10.6. The number of hydrogen-bond donors (Lipinski definition) is 1. The van der Waals surface area contributed by atoms with Gasteiger partial charge in [-0.15, -0.1) is 0 Å². The van der Waals surface area contributed by atoms with Crippen molar-refractivity contribution >= 4 is 0 Å². The van der Waals surface area contributed by atoms with Gasteiger partial charge in [-0.1, -0.05) is 42.5 Å². The summed E-state index contributed by atoms with van der Waals surface area (Å²) < 4.78 is 10.8. The minimum absolute atomic E-state index is 0.366. The molecule has 0 radical (unpaired) electrons. The van der Waals surface area contributed by atoms with Crippen LogP contribution in [0.2, 0.25) is 0 Å². The maximum absolute atomic E-state index is 10.6. The third-order valence-electron chi connectivity index (χ3n) is 3.22. The average molecular weight is 272 g/mol. The molecule has 2 rings (SSSR count). The number of aliphatic hydroxyl groups excluding tert-OH is 1. The van der Waals surface area contributed by atoms with Crippen LogP contribution in [0.3, 0.4) is 0 Å².